The van der Waals surface area contributed by atoms with E-state index >= 15 is 0 Å². The van der Waals surface area contributed by atoms with Gasteiger partial charge < -0.3 is 14.5 Å². The molecular formula is C15H28N2O2. The molecule has 110 valence electrons. The van der Waals surface area contributed by atoms with E-state index in [1.165, 1.54) is 0 Å². The van der Waals surface area contributed by atoms with Crippen molar-refractivity contribution in [2.45, 2.75) is 39.3 Å². The van der Waals surface area contributed by atoms with E-state index < -0.39 is 0 Å². The molecule has 4 heteroatoms. The molecule has 1 aromatic heterocycles. The van der Waals surface area contributed by atoms with Gasteiger partial charge in [-0.05, 0) is 32.4 Å². The Bertz CT molecular complexity index is 314. The molecule has 0 aromatic carbocycles. The van der Waals surface area contributed by atoms with Gasteiger partial charge in [0, 0.05) is 32.8 Å². The molecule has 0 amide bonds. The fourth-order valence-electron chi connectivity index (χ4n) is 2.08. The van der Waals surface area contributed by atoms with E-state index in [2.05, 4.69) is 31.0 Å². The average Bonchev–Trinajstić information content (AvgIpc) is 2.95. The zero-order chi connectivity index (χ0) is 14.1. The Morgan fingerprint density at radius 2 is 2.16 bits per heavy atom. The van der Waals surface area contributed by atoms with Crippen LogP contribution in [0.15, 0.2) is 22.8 Å². The number of hydrogen-bond acceptors (Lipinski definition) is 4. The Kier molecular flexibility index (Phi) is 7.79. The third-order valence-electron chi connectivity index (χ3n) is 3.62. The lowest BCUT2D eigenvalue weighted by molar-refractivity contribution is 0.122. The molecule has 0 saturated heterocycles. The SMILES string of the molecule is CCC(C)N(CCNC(C)c1ccco1)CCOC. The maximum atomic E-state index is 5.39. The summed E-state index contributed by atoms with van der Waals surface area (Å²) < 4.78 is 10.6. The summed E-state index contributed by atoms with van der Waals surface area (Å²) in [7, 11) is 1.76. The molecule has 0 fully saturated rings. The molecule has 0 spiro atoms. The van der Waals surface area contributed by atoms with Crippen LogP contribution in [0.4, 0.5) is 0 Å². The standard InChI is InChI=1S/C15H28N2O2/c1-5-13(2)17(10-12-18-4)9-8-16-14(3)15-7-6-11-19-15/h6-7,11,13-14,16H,5,8-10,12H2,1-4H3. The molecule has 1 N–H and O–H groups in total. The van der Waals surface area contributed by atoms with Crippen molar-refractivity contribution in [1.29, 1.82) is 0 Å². The second-order valence-corrected chi connectivity index (χ2v) is 4.98. The van der Waals surface area contributed by atoms with Gasteiger partial charge in [-0.1, -0.05) is 6.92 Å². The van der Waals surface area contributed by atoms with Gasteiger partial charge >= 0.3 is 0 Å². The molecule has 2 atom stereocenters. The predicted molar refractivity (Wildman–Crippen MR) is 78.3 cm³/mol. The fraction of sp³-hybridized carbons (Fsp3) is 0.733. The molecule has 2 unspecified atom stereocenters. The number of nitrogens with zero attached hydrogens (tertiary/aromatic N) is 1. The van der Waals surface area contributed by atoms with E-state index in [-0.39, 0.29) is 6.04 Å². The van der Waals surface area contributed by atoms with Crippen molar-refractivity contribution in [3.8, 4) is 0 Å². The molecule has 0 saturated carbocycles. The van der Waals surface area contributed by atoms with Gasteiger partial charge in [-0.2, -0.15) is 0 Å². The van der Waals surface area contributed by atoms with Gasteiger partial charge in [-0.25, -0.2) is 0 Å². The predicted octanol–water partition coefficient (Wildman–Crippen LogP) is 2.68. The molecule has 0 bridgehead atoms. The zero-order valence-electron chi connectivity index (χ0n) is 12.7. The van der Waals surface area contributed by atoms with Crippen LogP contribution in [0.1, 0.15) is 39.0 Å². The highest BCUT2D eigenvalue weighted by molar-refractivity contribution is 5.02. The summed E-state index contributed by atoms with van der Waals surface area (Å²) in [5.74, 6) is 0.993. The highest BCUT2D eigenvalue weighted by atomic mass is 16.5. The highest BCUT2D eigenvalue weighted by Crippen LogP contribution is 2.11. The first-order chi connectivity index (χ1) is 9.19. The van der Waals surface area contributed by atoms with Crippen LogP contribution in [0.25, 0.3) is 0 Å². The molecule has 4 nitrogen and oxygen atoms in total. The lowest BCUT2D eigenvalue weighted by Gasteiger charge is -2.28. The van der Waals surface area contributed by atoms with E-state index in [1.807, 2.05) is 12.1 Å². The topological polar surface area (TPSA) is 37.6 Å². The van der Waals surface area contributed by atoms with Crippen molar-refractivity contribution < 1.29 is 9.15 Å². The Morgan fingerprint density at radius 1 is 1.37 bits per heavy atom. The molecule has 1 rings (SSSR count). The maximum absolute atomic E-state index is 5.39. The van der Waals surface area contributed by atoms with Gasteiger partial charge in [0.15, 0.2) is 0 Å². The van der Waals surface area contributed by atoms with Crippen LogP contribution in [0.5, 0.6) is 0 Å². The minimum Gasteiger partial charge on any atom is -0.468 e. The van der Waals surface area contributed by atoms with E-state index in [1.54, 1.807) is 13.4 Å². The largest absolute Gasteiger partial charge is 0.468 e. The second kappa shape index (κ2) is 9.13. The van der Waals surface area contributed by atoms with Gasteiger partial charge in [0.2, 0.25) is 0 Å². The molecule has 0 aliphatic rings. The summed E-state index contributed by atoms with van der Waals surface area (Å²) in [4.78, 5) is 2.46. The second-order valence-electron chi connectivity index (χ2n) is 4.98. The molecule has 19 heavy (non-hydrogen) atoms. The monoisotopic (exact) mass is 268 g/mol. The average molecular weight is 268 g/mol. The third kappa shape index (κ3) is 5.76. The van der Waals surface area contributed by atoms with Crippen molar-refractivity contribution in [1.82, 2.24) is 10.2 Å². The number of hydrogen-bond donors (Lipinski definition) is 1. The minimum absolute atomic E-state index is 0.260. The smallest absolute Gasteiger partial charge is 0.120 e. The summed E-state index contributed by atoms with van der Waals surface area (Å²) in [5, 5.41) is 3.49. The lowest BCUT2D eigenvalue weighted by atomic mass is 10.2. The Hall–Kier alpha value is -0.840. The van der Waals surface area contributed by atoms with Gasteiger partial charge in [-0.15, -0.1) is 0 Å². The first-order valence-electron chi connectivity index (χ1n) is 7.18. The summed E-state index contributed by atoms with van der Waals surface area (Å²) in [6.45, 7) is 10.4. The quantitative estimate of drug-likeness (QED) is 0.708. The summed E-state index contributed by atoms with van der Waals surface area (Å²) >= 11 is 0. The van der Waals surface area contributed by atoms with E-state index in [9.17, 15) is 0 Å². The van der Waals surface area contributed by atoms with Crippen LogP contribution in [-0.4, -0.2) is 44.3 Å². The third-order valence-corrected chi connectivity index (χ3v) is 3.62. The van der Waals surface area contributed by atoms with Gasteiger partial charge in [0.1, 0.15) is 5.76 Å². The lowest BCUT2D eigenvalue weighted by Crippen LogP contribution is -2.40. The van der Waals surface area contributed by atoms with Crippen LogP contribution in [-0.2, 0) is 4.74 Å². The first kappa shape index (κ1) is 16.2. The number of ether oxygens (including phenoxy) is 1. The molecule has 1 aromatic rings. The van der Waals surface area contributed by atoms with Crippen molar-refractivity contribution in [2.24, 2.45) is 0 Å². The maximum Gasteiger partial charge on any atom is 0.120 e. The normalized spacial score (nSPS) is 14.8. The molecule has 0 radical (unpaired) electrons. The van der Waals surface area contributed by atoms with Crippen molar-refractivity contribution >= 4 is 0 Å². The van der Waals surface area contributed by atoms with Crippen molar-refractivity contribution in [2.75, 3.05) is 33.4 Å². The van der Waals surface area contributed by atoms with E-state index in [0.717, 1.165) is 38.4 Å². The Balaban J connectivity index is 2.30. The number of rotatable bonds is 10. The Morgan fingerprint density at radius 3 is 2.74 bits per heavy atom. The first-order valence-corrected chi connectivity index (χ1v) is 7.18. The summed E-state index contributed by atoms with van der Waals surface area (Å²) in [6, 6.07) is 4.79. The molecule has 1 heterocycles. The van der Waals surface area contributed by atoms with Gasteiger partial charge in [0.05, 0.1) is 18.9 Å². The molecule has 0 aliphatic carbocycles. The minimum atomic E-state index is 0.260. The van der Waals surface area contributed by atoms with Crippen LogP contribution in [0.3, 0.4) is 0 Å². The van der Waals surface area contributed by atoms with Crippen LogP contribution in [0, 0.1) is 0 Å². The number of furan rings is 1. The number of methoxy groups -OCH3 is 1. The highest BCUT2D eigenvalue weighted by Gasteiger charge is 2.12. The number of nitrogens with one attached hydrogen (secondary N) is 1. The van der Waals surface area contributed by atoms with Crippen LogP contribution in [0.2, 0.25) is 0 Å². The van der Waals surface area contributed by atoms with Crippen molar-refractivity contribution in [3.05, 3.63) is 24.2 Å². The van der Waals surface area contributed by atoms with Gasteiger partial charge in [0.25, 0.3) is 0 Å². The molecule has 0 aliphatic heterocycles. The van der Waals surface area contributed by atoms with E-state index in [0.29, 0.717) is 6.04 Å². The molecular weight excluding hydrogens is 240 g/mol. The summed E-state index contributed by atoms with van der Waals surface area (Å²) in [6.07, 6.45) is 2.88. The summed E-state index contributed by atoms with van der Waals surface area (Å²) in [5.41, 5.74) is 0. The van der Waals surface area contributed by atoms with E-state index in [4.69, 9.17) is 9.15 Å². The van der Waals surface area contributed by atoms with Crippen molar-refractivity contribution in [3.63, 3.8) is 0 Å². The Labute approximate surface area is 117 Å². The van der Waals surface area contributed by atoms with Crippen LogP contribution < -0.4 is 5.32 Å². The fourth-order valence-corrected chi connectivity index (χ4v) is 2.08. The zero-order valence-corrected chi connectivity index (χ0v) is 12.7. The van der Waals surface area contributed by atoms with Gasteiger partial charge in [-0.3, -0.25) is 4.90 Å². The van der Waals surface area contributed by atoms with Crippen LogP contribution >= 0.6 is 0 Å².